The maximum absolute atomic E-state index is 13.1. The smallest absolute Gasteiger partial charge is 0.397 e. The monoisotopic (exact) mass is 456 g/mol. The predicted molar refractivity (Wildman–Crippen MR) is 120 cm³/mol. The van der Waals surface area contributed by atoms with Crippen LogP contribution in [0.25, 0.3) is 6.08 Å². The lowest BCUT2D eigenvalue weighted by atomic mass is 10.1. The summed E-state index contributed by atoms with van der Waals surface area (Å²) in [6.07, 6.45) is -1.88. The summed E-state index contributed by atoms with van der Waals surface area (Å²) in [5.74, 6) is -0.350. The second kappa shape index (κ2) is 9.86. The minimum Gasteiger partial charge on any atom is -0.397 e. The standard InChI is InChI=1S/C23H19F3N4O3/c24-23(25,26)18-13-17(10-11-21(18)30(32)33)28-14-16-7-5-15(6-8-16)9-12-22(31)29-20-4-2-1-3-19(20)27/h1-13,28H,14,27H2,(H,29,31)/b12-9+. The van der Waals surface area contributed by atoms with Gasteiger partial charge in [0.15, 0.2) is 0 Å². The van der Waals surface area contributed by atoms with Gasteiger partial charge in [0.1, 0.15) is 5.56 Å². The van der Waals surface area contributed by atoms with Gasteiger partial charge in [-0.2, -0.15) is 13.2 Å². The Bertz CT molecular complexity index is 1190. The third-order valence-electron chi connectivity index (χ3n) is 4.62. The molecule has 3 aromatic carbocycles. The molecule has 0 spiro atoms. The molecule has 0 saturated heterocycles. The van der Waals surface area contributed by atoms with Gasteiger partial charge < -0.3 is 16.4 Å². The van der Waals surface area contributed by atoms with E-state index in [-0.39, 0.29) is 18.1 Å². The molecular weight excluding hydrogens is 437 g/mol. The van der Waals surface area contributed by atoms with Gasteiger partial charge in [-0.1, -0.05) is 36.4 Å². The van der Waals surface area contributed by atoms with Crippen LogP contribution in [0.2, 0.25) is 0 Å². The summed E-state index contributed by atoms with van der Waals surface area (Å²) in [4.78, 5) is 21.8. The summed E-state index contributed by atoms with van der Waals surface area (Å²) in [6, 6.07) is 16.6. The van der Waals surface area contributed by atoms with E-state index in [2.05, 4.69) is 10.6 Å². The highest BCUT2D eigenvalue weighted by molar-refractivity contribution is 6.03. The van der Waals surface area contributed by atoms with Crippen LogP contribution in [-0.4, -0.2) is 10.8 Å². The van der Waals surface area contributed by atoms with Crippen molar-refractivity contribution >= 4 is 34.7 Å². The van der Waals surface area contributed by atoms with Gasteiger partial charge in [0.25, 0.3) is 5.69 Å². The van der Waals surface area contributed by atoms with Crippen LogP contribution >= 0.6 is 0 Å². The van der Waals surface area contributed by atoms with Crippen molar-refractivity contribution in [3.8, 4) is 0 Å². The molecule has 3 aromatic rings. The van der Waals surface area contributed by atoms with Crippen LogP contribution in [0, 0.1) is 10.1 Å². The van der Waals surface area contributed by atoms with E-state index in [1.807, 2.05) is 0 Å². The molecule has 0 atom stereocenters. The molecule has 33 heavy (non-hydrogen) atoms. The number of carbonyl (C=O) groups excluding carboxylic acids is 1. The van der Waals surface area contributed by atoms with Crippen LogP contribution in [0.4, 0.5) is 35.9 Å². The van der Waals surface area contributed by atoms with E-state index in [0.717, 1.165) is 17.2 Å². The number of nitrogen functional groups attached to an aromatic ring is 1. The molecule has 170 valence electrons. The fourth-order valence-corrected chi connectivity index (χ4v) is 2.94. The predicted octanol–water partition coefficient (Wildman–Crippen LogP) is 5.46. The molecule has 0 radical (unpaired) electrons. The lowest BCUT2D eigenvalue weighted by molar-refractivity contribution is -0.388. The fraction of sp³-hybridized carbons (Fsp3) is 0.0870. The van der Waals surface area contributed by atoms with Gasteiger partial charge in [-0.05, 0) is 41.5 Å². The minimum atomic E-state index is -4.84. The lowest BCUT2D eigenvalue weighted by Crippen LogP contribution is -2.10. The van der Waals surface area contributed by atoms with Crippen LogP contribution in [0.5, 0.6) is 0 Å². The summed E-state index contributed by atoms with van der Waals surface area (Å²) in [7, 11) is 0. The van der Waals surface area contributed by atoms with Crippen LogP contribution < -0.4 is 16.4 Å². The van der Waals surface area contributed by atoms with Crippen LogP contribution in [-0.2, 0) is 17.5 Å². The summed E-state index contributed by atoms with van der Waals surface area (Å²) < 4.78 is 39.3. The van der Waals surface area contributed by atoms with Crippen molar-refractivity contribution in [2.45, 2.75) is 12.7 Å². The SMILES string of the molecule is Nc1ccccc1NC(=O)/C=C/c1ccc(CNc2ccc([N+](=O)[O-])c(C(F)(F)F)c2)cc1. The molecule has 0 saturated carbocycles. The summed E-state index contributed by atoms with van der Waals surface area (Å²) >= 11 is 0. The van der Waals surface area contributed by atoms with Crippen molar-refractivity contribution in [2.75, 3.05) is 16.4 Å². The summed E-state index contributed by atoms with van der Waals surface area (Å²) in [6.45, 7) is 0.201. The number of nitrogens with zero attached hydrogens (tertiary/aromatic N) is 1. The molecule has 0 heterocycles. The molecule has 0 aliphatic carbocycles. The molecule has 0 unspecified atom stereocenters. The minimum absolute atomic E-state index is 0.105. The number of halogens is 3. The Labute approximate surface area is 186 Å². The Morgan fingerprint density at radius 3 is 2.39 bits per heavy atom. The Balaban J connectivity index is 1.61. The van der Waals surface area contributed by atoms with Crippen LogP contribution in [0.3, 0.4) is 0 Å². The summed E-state index contributed by atoms with van der Waals surface area (Å²) in [5, 5.41) is 16.3. The average Bonchev–Trinajstić information content (AvgIpc) is 2.77. The van der Waals surface area contributed by atoms with E-state index in [1.165, 1.54) is 12.1 Å². The molecule has 0 aliphatic rings. The number of para-hydroxylation sites is 2. The quantitative estimate of drug-likeness (QED) is 0.189. The van der Waals surface area contributed by atoms with Gasteiger partial charge in [-0.25, -0.2) is 0 Å². The summed E-state index contributed by atoms with van der Waals surface area (Å²) in [5.41, 5.74) is 6.04. The maximum Gasteiger partial charge on any atom is 0.423 e. The highest BCUT2D eigenvalue weighted by atomic mass is 19.4. The molecule has 0 fully saturated rings. The Morgan fingerprint density at radius 2 is 1.76 bits per heavy atom. The maximum atomic E-state index is 13.1. The number of hydrogen-bond acceptors (Lipinski definition) is 5. The first kappa shape index (κ1) is 23.3. The van der Waals surface area contributed by atoms with Gasteiger partial charge in [-0.15, -0.1) is 0 Å². The first-order valence-electron chi connectivity index (χ1n) is 9.65. The lowest BCUT2D eigenvalue weighted by Gasteiger charge is -2.11. The zero-order valence-corrected chi connectivity index (χ0v) is 17.1. The highest BCUT2D eigenvalue weighted by Crippen LogP contribution is 2.37. The highest BCUT2D eigenvalue weighted by Gasteiger charge is 2.38. The molecule has 4 N–H and O–H groups in total. The van der Waals surface area contributed by atoms with Crippen molar-refractivity contribution in [1.29, 1.82) is 0 Å². The van der Waals surface area contributed by atoms with E-state index >= 15 is 0 Å². The second-order valence-corrected chi connectivity index (χ2v) is 6.99. The normalized spacial score (nSPS) is 11.4. The van der Waals surface area contributed by atoms with Crippen LogP contribution in [0.15, 0.2) is 72.8 Å². The molecule has 3 rings (SSSR count). The number of carbonyl (C=O) groups is 1. The van der Waals surface area contributed by atoms with Crippen LogP contribution in [0.1, 0.15) is 16.7 Å². The molecule has 0 aromatic heterocycles. The number of nitro benzene ring substituents is 1. The Kier molecular flexibility index (Phi) is 6.97. The number of nitro groups is 1. The van der Waals surface area contributed by atoms with E-state index in [0.29, 0.717) is 17.4 Å². The van der Waals surface area contributed by atoms with Crippen molar-refractivity contribution < 1.29 is 22.9 Å². The third kappa shape index (κ3) is 6.33. The first-order valence-corrected chi connectivity index (χ1v) is 9.65. The molecule has 0 bridgehead atoms. The van der Waals surface area contributed by atoms with Gasteiger partial charge in [-0.3, -0.25) is 14.9 Å². The molecule has 10 heteroatoms. The zero-order valence-electron chi connectivity index (χ0n) is 17.1. The van der Waals surface area contributed by atoms with Gasteiger partial charge in [0, 0.05) is 24.4 Å². The molecule has 0 aliphatic heterocycles. The molecule has 1 amide bonds. The largest absolute Gasteiger partial charge is 0.423 e. The number of nitrogens with one attached hydrogen (secondary N) is 2. The fourth-order valence-electron chi connectivity index (χ4n) is 2.94. The topological polar surface area (TPSA) is 110 Å². The van der Waals surface area contributed by atoms with Crippen molar-refractivity contribution in [3.63, 3.8) is 0 Å². The van der Waals surface area contributed by atoms with Gasteiger partial charge >= 0.3 is 6.18 Å². The second-order valence-electron chi connectivity index (χ2n) is 6.99. The number of anilines is 3. The Morgan fingerprint density at radius 1 is 1.06 bits per heavy atom. The number of hydrogen-bond donors (Lipinski definition) is 3. The van der Waals surface area contributed by atoms with E-state index < -0.39 is 22.4 Å². The molecular formula is C23H19F3N4O3. The van der Waals surface area contributed by atoms with E-state index in [1.54, 1.807) is 54.6 Å². The van der Waals surface area contributed by atoms with E-state index in [9.17, 15) is 28.1 Å². The third-order valence-corrected chi connectivity index (χ3v) is 4.62. The number of rotatable bonds is 7. The van der Waals surface area contributed by atoms with Crippen molar-refractivity contribution in [2.24, 2.45) is 0 Å². The number of amides is 1. The first-order chi connectivity index (χ1) is 15.6. The molecule has 7 nitrogen and oxygen atoms in total. The number of alkyl halides is 3. The average molecular weight is 456 g/mol. The number of benzene rings is 3. The van der Waals surface area contributed by atoms with Gasteiger partial charge in [0.2, 0.25) is 5.91 Å². The van der Waals surface area contributed by atoms with Gasteiger partial charge in [0.05, 0.1) is 16.3 Å². The Hall–Kier alpha value is -4.34. The van der Waals surface area contributed by atoms with E-state index in [4.69, 9.17) is 5.73 Å². The van der Waals surface area contributed by atoms with Crippen molar-refractivity contribution in [1.82, 2.24) is 0 Å². The zero-order chi connectivity index (χ0) is 24.0. The number of nitrogens with two attached hydrogens (primary N) is 1. The van der Waals surface area contributed by atoms with Crippen molar-refractivity contribution in [3.05, 3.63) is 99.6 Å².